The van der Waals surface area contributed by atoms with E-state index in [1.807, 2.05) is 18.2 Å². The summed E-state index contributed by atoms with van der Waals surface area (Å²) in [6, 6.07) is 13.6. The van der Waals surface area contributed by atoms with Crippen LogP contribution in [0.5, 0.6) is 5.75 Å². The molecule has 0 spiro atoms. The van der Waals surface area contributed by atoms with Gasteiger partial charge in [0, 0.05) is 0 Å². The highest BCUT2D eigenvalue weighted by molar-refractivity contribution is 5.31. The van der Waals surface area contributed by atoms with Gasteiger partial charge in [0.05, 0.1) is 5.56 Å². The number of rotatable bonds is 7. The Kier molecular flexibility index (Phi) is 6.30. The van der Waals surface area contributed by atoms with Crippen LogP contribution in [0.25, 0.3) is 0 Å². The SMILES string of the molecule is C=C[C@H]1CC[C@H](c2ccc(OC(F)(F)c3ccc(CCC)cc3)cc2)CC1. The first-order chi connectivity index (χ1) is 13.0. The summed E-state index contributed by atoms with van der Waals surface area (Å²) in [6.07, 6.45) is 5.14. The fourth-order valence-electron chi connectivity index (χ4n) is 3.86. The van der Waals surface area contributed by atoms with Gasteiger partial charge in [0.15, 0.2) is 0 Å². The van der Waals surface area contributed by atoms with Crippen LogP contribution in [0.15, 0.2) is 61.2 Å². The smallest absolute Gasteiger partial charge is 0.426 e. The molecule has 144 valence electrons. The lowest BCUT2D eigenvalue weighted by Crippen LogP contribution is -2.21. The predicted molar refractivity (Wildman–Crippen MR) is 106 cm³/mol. The van der Waals surface area contributed by atoms with E-state index in [1.54, 1.807) is 24.3 Å². The Bertz CT molecular complexity index is 726. The first-order valence-corrected chi connectivity index (χ1v) is 9.90. The van der Waals surface area contributed by atoms with E-state index in [1.165, 1.54) is 17.7 Å². The average Bonchev–Trinajstić information content (AvgIpc) is 2.69. The van der Waals surface area contributed by atoms with Crippen LogP contribution in [-0.4, -0.2) is 0 Å². The zero-order chi connectivity index (χ0) is 19.3. The minimum atomic E-state index is -3.34. The topological polar surface area (TPSA) is 9.23 Å². The number of ether oxygens (including phenoxy) is 1. The van der Waals surface area contributed by atoms with Crippen molar-refractivity contribution in [3.8, 4) is 5.75 Å². The van der Waals surface area contributed by atoms with Gasteiger partial charge < -0.3 is 4.74 Å². The molecule has 1 saturated carbocycles. The summed E-state index contributed by atoms with van der Waals surface area (Å²) in [5, 5.41) is 0. The average molecular weight is 370 g/mol. The van der Waals surface area contributed by atoms with Crippen molar-refractivity contribution >= 4 is 0 Å². The second kappa shape index (κ2) is 8.69. The van der Waals surface area contributed by atoms with Gasteiger partial charge in [-0.15, -0.1) is 6.58 Å². The number of allylic oxidation sites excluding steroid dienone is 1. The molecule has 27 heavy (non-hydrogen) atoms. The molecule has 3 rings (SSSR count). The van der Waals surface area contributed by atoms with E-state index >= 15 is 0 Å². The maximum Gasteiger partial charge on any atom is 0.426 e. The number of benzene rings is 2. The molecule has 1 aliphatic carbocycles. The molecular formula is C24H28F2O. The van der Waals surface area contributed by atoms with Gasteiger partial charge >= 0.3 is 6.11 Å². The summed E-state index contributed by atoms with van der Waals surface area (Å²) in [6.45, 7) is 5.95. The van der Waals surface area contributed by atoms with E-state index in [0.717, 1.165) is 44.1 Å². The minimum Gasteiger partial charge on any atom is -0.429 e. The van der Waals surface area contributed by atoms with Crippen molar-refractivity contribution in [1.29, 1.82) is 0 Å². The second-order valence-electron chi connectivity index (χ2n) is 7.48. The summed E-state index contributed by atoms with van der Waals surface area (Å²) in [5.74, 6) is 1.31. The molecule has 1 fully saturated rings. The Morgan fingerprint density at radius 3 is 2.19 bits per heavy atom. The lowest BCUT2D eigenvalue weighted by atomic mass is 9.79. The maximum atomic E-state index is 14.5. The van der Waals surface area contributed by atoms with Crippen LogP contribution in [0, 0.1) is 5.92 Å². The van der Waals surface area contributed by atoms with Crippen LogP contribution in [0.2, 0.25) is 0 Å². The Morgan fingerprint density at radius 1 is 1.00 bits per heavy atom. The molecule has 0 saturated heterocycles. The minimum absolute atomic E-state index is 0.117. The monoisotopic (exact) mass is 370 g/mol. The molecule has 1 nitrogen and oxygen atoms in total. The summed E-state index contributed by atoms with van der Waals surface area (Å²) in [5.41, 5.74) is 2.15. The van der Waals surface area contributed by atoms with Crippen molar-refractivity contribution in [1.82, 2.24) is 0 Å². The lowest BCUT2D eigenvalue weighted by Gasteiger charge is -2.27. The fraction of sp³-hybridized carbons (Fsp3) is 0.417. The zero-order valence-electron chi connectivity index (χ0n) is 16.0. The van der Waals surface area contributed by atoms with Crippen molar-refractivity contribution in [2.24, 2.45) is 5.92 Å². The number of hydrogen-bond donors (Lipinski definition) is 0. The van der Waals surface area contributed by atoms with Crippen LogP contribution >= 0.6 is 0 Å². The van der Waals surface area contributed by atoms with E-state index in [-0.39, 0.29) is 11.3 Å². The normalized spacial score (nSPS) is 20.3. The quantitative estimate of drug-likeness (QED) is 0.467. The van der Waals surface area contributed by atoms with Gasteiger partial charge in [-0.05, 0) is 79.3 Å². The van der Waals surface area contributed by atoms with Crippen molar-refractivity contribution in [3.05, 3.63) is 77.9 Å². The highest BCUT2D eigenvalue weighted by atomic mass is 19.3. The molecule has 0 bridgehead atoms. The molecule has 2 aromatic carbocycles. The number of halogens is 2. The molecule has 3 heteroatoms. The Hall–Kier alpha value is -2.16. The van der Waals surface area contributed by atoms with Crippen molar-refractivity contribution < 1.29 is 13.5 Å². The number of hydrogen-bond acceptors (Lipinski definition) is 1. The first kappa shape index (κ1) is 19.6. The Morgan fingerprint density at radius 2 is 1.63 bits per heavy atom. The van der Waals surface area contributed by atoms with Crippen LogP contribution in [0.1, 0.15) is 61.6 Å². The summed E-state index contributed by atoms with van der Waals surface area (Å²) >= 11 is 0. The van der Waals surface area contributed by atoms with Crippen molar-refractivity contribution in [3.63, 3.8) is 0 Å². The third kappa shape index (κ3) is 4.97. The zero-order valence-corrected chi connectivity index (χ0v) is 16.0. The van der Waals surface area contributed by atoms with E-state index in [2.05, 4.69) is 13.5 Å². The molecule has 0 atom stereocenters. The van der Waals surface area contributed by atoms with Gasteiger partial charge in [0.2, 0.25) is 0 Å². The third-order valence-electron chi connectivity index (χ3n) is 5.53. The van der Waals surface area contributed by atoms with E-state index < -0.39 is 6.11 Å². The molecule has 0 aromatic heterocycles. The number of aryl methyl sites for hydroxylation is 1. The highest BCUT2D eigenvalue weighted by Gasteiger charge is 2.34. The second-order valence-corrected chi connectivity index (χ2v) is 7.48. The maximum absolute atomic E-state index is 14.5. The fourth-order valence-corrected chi connectivity index (χ4v) is 3.86. The summed E-state index contributed by atoms with van der Waals surface area (Å²) in [7, 11) is 0. The van der Waals surface area contributed by atoms with Gasteiger partial charge in [-0.3, -0.25) is 0 Å². The molecular weight excluding hydrogens is 342 g/mol. The van der Waals surface area contributed by atoms with E-state index in [4.69, 9.17) is 4.74 Å². The van der Waals surface area contributed by atoms with Crippen LogP contribution < -0.4 is 4.74 Å². The van der Waals surface area contributed by atoms with Crippen molar-refractivity contribution in [2.75, 3.05) is 0 Å². The van der Waals surface area contributed by atoms with E-state index in [0.29, 0.717) is 11.8 Å². The Balaban J connectivity index is 1.63. The van der Waals surface area contributed by atoms with Gasteiger partial charge in [-0.2, -0.15) is 8.78 Å². The lowest BCUT2D eigenvalue weighted by molar-refractivity contribution is -0.185. The van der Waals surface area contributed by atoms with Gasteiger partial charge in [-0.25, -0.2) is 0 Å². The Labute approximate surface area is 161 Å². The van der Waals surface area contributed by atoms with Crippen LogP contribution in [-0.2, 0) is 12.5 Å². The molecule has 0 heterocycles. The molecule has 0 unspecified atom stereocenters. The summed E-state index contributed by atoms with van der Waals surface area (Å²) in [4.78, 5) is 0. The molecule has 1 aliphatic rings. The molecule has 0 N–H and O–H groups in total. The van der Waals surface area contributed by atoms with E-state index in [9.17, 15) is 8.78 Å². The molecule has 0 radical (unpaired) electrons. The largest absolute Gasteiger partial charge is 0.429 e. The van der Waals surface area contributed by atoms with Gasteiger partial charge in [0.25, 0.3) is 0 Å². The van der Waals surface area contributed by atoms with Crippen LogP contribution in [0.4, 0.5) is 8.78 Å². The number of alkyl halides is 2. The predicted octanol–water partition coefficient (Wildman–Crippen LogP) is 7.23. The van der Waals surface area contributed by atoms with Gasteiger partial charge in [-0.1, -0.05) is 43.7 Å². The standard InChI is InChI=1S/C24H28F2O/c1-3-5-19-8-14-22(15-9-19)24(25,26)27-23-16-12-21(13-17-23)20-10-6-18(4-2)7-11-20/h4,8-9,12-18,20H,2-3,5-7,10-11H2,1H3/t18-,20-. The van der Waals surface area contributed by atoms with Gasteiger partial charge in [0.1, 0.15) is 5.75 Å². The highest BCUT2D eigenvalue weighted by Crippen LogP contribution is 2.37. The molecule has 0 aliphatic heterocycles. The van der Waals surface area contributed by atoms with Crippen LogP contribution in [0.3, 0.4) is 0 Å². The molecule has 0 amide bonds. The third-order valence-corrected chi connectivity index (χ3v) is 5.53. The summed E-state index contributed by atoms with van der Waals surface area (Å²) < 4.78 is 33.9. The van der Waals surface area contributed by atoms with Crippen molar-refractivity contribution in [2.45, 2.75) is 57.5 Å². The molecule has 2 aromatic rings. The first-order valence-electron chi connectivity index (χ1n) is 9.90.